The Balaban J connectivity index is 2.15. The molecule has 0 atom stereocenters. The van der Waals surface area contributed by atoms with Gasteiger partial charge in [-0.15, -0.1) is 11.3 Å². The van der Waals surface area contributed by atoms with Crippen LogP contribution in [0.2, 0.25) is 0 Å². The molecule has 4 nitrogen and oxygen atoms in total. The molecule has 0 saturated heterocycles. The van der Waals surface area contributed by atoms with Gasteiger partial charge in [-0.3, -0.25) is 4.79 Å². The van der Waals surface area contributed by atoms with E-state index in [1.54, 1.807) is 23.5 Å². The van der Waals surface area contributed by atoms with Crippen LogP contribution in [-0.2, 0) is 16.4 Å². The summed E-state index contributed by atoms with van der Waals surface area (Å²) >= 11 is 2.92. The zero-order valence-electron chi connectivity index (χ0n) is 11.3. The van der Waals surface area contributed by atoms with Crippen molar-refractivity contribution in [1.29, 1.82) is 0 Å². The predicted octanol–water partition coefficient (Wildman–Crippen LogP) is 2.94. The van der Waals surface area contributed by atoms with Crippen LogP contribution in [0.3, 0.4) is 0 Å². The summed E-state index contributed by atoms with van der Waals surface area (Å²) in [5, 5.41) is 1.94. The van der Waals surface area contributed by atoms with Gasteiger partial charge in [0.05, 0.1) is 9.10 Å². The Morgan fingerprint density at radius 2 is 2.10 bits per heavy atom. The fourth-order valence-corrected chi connectivity index (χ4v) is 5.35. The lowest BCUT2D eigenvalue weighted by Gasteiger charge is -2.11. The lowest BCUT2D eigenvalue weighted by molar-refractivity contribution is 0.0994. The SMILES string of the molecule is CNS(=O)(=O)c1cc2c(cc1Sc1cccs1)C(=O)CC2. The molecule has 7 heteroatoms. The van der Waals surface area contributed by atoms with E-state index < -0.39 is 10.0 Å². The molecule has 1 N–H and O–H groups in total. The summed E-state index contributed by atoms with van der Waals surface area (Å²) in [6.07, 6.45) is 1.08. The monoisotopic (exact) mass is 339 g/mol. The zero-order chi connectivity index (χ0) is 15.0. The van der Waals surface area contributed by atoms with E-state index in [0.717, 1.165) is 9.77 Å². The molecule has 110 valence electrons. The number of thiophene rings is 1. The molecule has 0 saturated carbocycles. The smallest absolute Gasteiger partial charge is 0.241 e. The van der Waals surface area contributed by atoms with Crippen LogP contribution >= 0.6 is 23.1 Å². The van der Waals surface area contributed by atoms with Gasteiger partial charge in [0.25, 0.3) is 0 Å². The van der Waals surface area contributed by atoms with Gasteiger partial charge in [-0.25, -0.2) is 13.1 Å². The van der Waals surface area contributed by atoms with Crippen molar-refractivity contribution in [3.05, 3.63) is 40.8 Å². The third-order valence-corrected chi connectivity index (χ3v) is 7.03. The largest absolute Gasteiger partial charge is 0.294 e. The lowest BCUT2D eigenvalue weighted by atomic mass is 10.1. The van der Waals surface area contributed by atoms with Gasteiger partial charge in [0.1, 0.15) is 0 Å². The first-order valence-electron chi connectivity index (χ1n) is 6.36. The Morgan fingerprint density at radius 1 is 1.29 bits per heavy atom. The van der Waals surface area contributed by atoms with E-state index in [4.69, 9.17) is 0 Å². The number of carbonyl (C=O) groups is 1. The summed E-state index contributed by atoms with van der Waals surface area (Å²) in [4.78, 5) is 12.7. The Morgan fingerprint density at radius 3 is 2.76 bits per heavy atom. The van der Waals surface area contributed by atoms with Crippen LogP contribution < -0.4 is 4.72 Å². The van der Waals surface area contributed by atoms with Crippen LogP contribution in [0.5, 0.6) is 0 Å². The molecule has 1 aliphatic rings. The molecular weight excluding hydrogens is 326 g/mol. The summed E-state index contributed by atoms with van der Waals surface area (Å²) in [6, 6.07) is 7.21. The van der Waals surface area contributed by atoms with E-state index in [1.165, 1.54) is 18.8 Å². The van der Waals surface area contributed by atoms with Crippen molar-refractivity contribution in [2.75, 3.05) is 7.05 Å². The molecule has 21 heavy (non-hydrogen) atoms. The predicted molar refractivity (Wildman–Crippen MR) is 83.8 cm³/mol. The van der Waals surface area contributed by atoms with Gasteiger partial charge in [0.2, 0.25) is 10.0 Å². The van der Waals surface area contributed by atoms with Crippen LogP contribution in [0.15, 0.2) is 43.6 Å². The third-order valence-electron chi connectivity index (χ3n) is 3.36. The van der Waals surface area contributed by atoms with Gasteiger partial charge >= 0.3 is 0 Å². The van der Waals surface area contributed by atoms with E-state index in [-0.39, 0.29) is 10.7 Å². The van der Waals surface area contributed by atoms with Crippen molar-refractivity contribution in [2.45, 2.75) is 26.8 Å². The minimum absolute atomic E-state index is 0.0893. The number of aryl methyl sites for hydroxylation is 1. The van der Waals surface area contributed by atoms with Crippen molar-refractivity contribution in [1.82, 2.24) is 4.72 Å². The van der Waals surface area contributed by atoms with E-state index in [9.17, 15) is 13.2 Å². The number of benzene rings is 1. The number of carbonyl (C=O) groups excluding carboxylic acids is 1. The quantitative estimate of drug-likeness (QED) is 0.930. The molecular formula is C14H13NO3S3. The summed E-state index contributed by atoms with van der Waals surface area (Å²) in [7, 11) is -2.15. The van der Waals surface area contributed by atoms with Gasteiger partial charge in [0, 0.05) is 16.9 Å². The van der Waals surface area contributed by atoms with Crippen molar-refractivity contribution in [3.8, 4) is 0 Å². The molecule has 0 spiro atoms. The molecule has 3 rings (SSSR count). The second kappa shape index (κ2) is 5.57. The second-order valence-corrected chi connectivity index (χ2v) is 8.77. The van der Waals surface area contributed by atoms with Crippen LogP contribution in [0.4, 0.5) is 0 Å². The molecule has 0 unspecified atom stereocenters. The molecule has 0 bridgehead atoms. The minimum atomic E-state index is -3.55. The molecule has 1 aromatic heterocycles. The van der Waals surface area contributed by atoms with Gasteiger partial charge in [-0.2, -0.15) is 0 Å². The number of hydrogen-bond acceptors (Lipinski definition) is 5. The Labute approximate surface area is 131 Å². The summed E-state index contributed by atoms with van der Waals surface area (Å²) in [5.74, 6) is 0.0893. The fourth-order valence-electron chi connectivity index (χ4n) is 2.28. The third kappa shape index (κ3) is 2.78. The van der Waals surface area contributed by atoms with Gasteiger partial charge < -0.3 is 0 Å². The first-order valence-corrected chi connectivity index (χ1v) is 9.54. The molecule has 0 aliphatic heterocycles. The molecule has 1 aliphatic carbocycles. The molecule has 1 aromatic carbocycles. The van der Waals surface area contributed by atoms with Crippen LogP contribution in [0, 0.1) is 0 Å². The first-order chi connectivity index (χ1) is 10.0. The molecule has 1 heterocycles. The first kappa shape index (κ1) is 14.8. The molecule has 2 aromatic rings. The maximum absolute atomic E-state index is 12.2. The average Bonchev–Trinajstić information content (AvgIpc) is 3.09. The fraction of sp³-hybridized carbons (Fsp3) is 0.214. The summed E-state index contributed by atoms with van der Waals surface area (Å²) < 4.78 is 27.8. The van der Waals surface area contributed by atoms with E-state index in [0.29, 0.717) is 23.3 Å². The topological polar surface area (TPSA) is 63.2 Å². The highest BCUT2D eigenvalue weighted by Crippen LogP contribution is 2.38. The number of Topliss-reactive ketones (excluding diaryl/α,β-unsaturated/α-hetero) is 1. The highest BCUT2D eigenvalue weighted by Gasteiger charge is 2.26. The number of sulfonamides is 1. The van der Waals surface area contributed by atoms with Crippen molar-refractivity contribution >= 4 is 38.9 Å². The number of fused-ring (bicyclic) bond motifs is 1. The highest BCUT2D eigenvalue weighted by atomic mass is 32.2. The van der Waals surface area contributed by atoms with E-state index in [1.807, 2.05) is 17.5 Å². The van der Waals surface area contributed by atoms with E-state index >= 15 is 0 Å². The van der Waals surface area contributed by atoms with Crippen LogP contribution in [0.25, 0.3) is 0 Å². The maximum atomic E-state index is 12.2. The molecule has 0 amide bonds. The van der Waals surface area contributed by atoms with Gasteiger partial charge in [-0.05, 0) is 42.6 Å². The van der Waals surface area contributed by atoms with Gasteiger partial charge in [-0.1, -0.05) is 17.8 Å². The molecule has 0 radical (unpaired) electrons. The summed E-state index contributed by atoms with van der Waals surface area (Å²) in [6.45, 7) is 0. The summed E-state index contributed by atoms with van der Waals surface area (Å²) in [5.41, 5.74) is 1.48. The Bertz CT molecular complexity index is 795. The Hall–Kier alpha value is -1.15. The Kier molecular flexibility index (Phi) is 3.92. The van der Waals surface area contributed by atoms with Gasteiger partial charge in [0.15, 0.2) is 5.78 Å². The highest BCUT2D eigenvalue weighted by molar-refractivity contribution is 8.01. The maximum Gasteiger partial charge on any atom is 0.241 e. The number of nitrogens with one attached hydrogen (secondary N) is 1. The lowest BCUT2D eigenvalue weighted by Crippen LogP contribution is -2.19. The van der Waals surface area contributed by atoms with Crippen LogP contribution in [-0.4, -0.2) is 21.2 Å². The van der Waals surface area contributed by atoms with Crippen LogP contribution in [0.1, 0.15) is 22.3 Å². The van der Waals surface area contributed by atoms with Crippen molar-refractivity contribution in [3.63, 3.8) is 0 Å². The molecule has 0 fully saturated rings. The number of rotatable bonds is 4. The zero-order valence-corrected chi connectivity index (χ0v) is 13.7. The number of hydrogen-bond donors (Lipinski definition) is 1. The van der Waals surface area contributed by atoms with Crippen molar-refractivity contribution < 1.29 is 13.2 Å². The van der Waals surface area contributed by atoms with E-state index in [2.05, 4.69) is 4.72 Å². The van der Waals surface area contributed by atoms with Crippen molar-refractivity contribution in [2.24, 2.45) is 0 Å². The normalized spacial score (nSPS) is 14.4. The standard InChI is InChI=1S/C14H13NO3S3/c1-15-21(17,18)13-7-9-4-5-11(16)10(9)8-12(13)20-14-3-2-6-19-14/h2-3,6-8,15H,4-5H2,1H3. The average molecular weight is 339 g/mol. The second-order valence-electron chi connectivity index (χ2n) is 4.62. The number of ketones is 1. The minimum Gasteiger partial charge on any atom is -0.294 e.